The molecular formula is C22H24N4O2S. The molecule has 1 amide bonds. The van der Waals surface area contributed by atoms with E-state index in [0.717, 1.165) is 36.4 Å². The predicted molar refractivity (Wildman–Crippen MR) is 118 cm³/mol. The highest BCUT2D eigenvalue weighted by molar-refractivity contribution is 7.99. The number of amides is 1. The van der Waals surface area contributed by atoms with Gasteiger partial charge in [-0.25, -0.2) is 4.68 Å². The summed E-state index contributed by atoms with van der Waals surface area (Å²) in [5.41, 5.74) is 2.39. The normalized spacial score (nSPS) is 14.8. The van der Waals surface area contributed by atoms with Crippen molar-refractivity contribution in [3.05, 3.63) is 70.1 Å². The molecule has 150 valence electrons. The molecule has 1 fully saturated rings. The van der Waals surface area contributed by atoms with Crippen molar-refractivity contribution in [3.8, 4) is 0 Å². The second kappa shape index (κ2) is 8.80. The second-order valence-electron chi connectivity index (χ2n) is 7.23. The molecule has 1 aliphatic rings. The van der Waals surface area contributed by atoms with E-state index in [0.29, 0.717) is 5.39 Å². The van der Waals surface area contributed by atoms with E-state index in [2.05, 4.69) is 21.4 Å². The van der Waals surface area contributed by atoms with Gasteiger partial charge in [0.1, 0.15) is 6.54 Å². The number of carbonyl (C=O) groups excluding carboxylic acids is 1. The van der Waals surface area contributed by atoms with E-state index in [1.807, 2.05) is 55.1 Å². The molecule has 0 radical (unpaired) electrons. The zero-order valence-electron chi connectivity index (χ0n) is 16.4. The number of hydrogen-bond acceptors (Lipinski definition) is 5. The minimum Gasteiger partial charge on any atom is -0.324 e. The molecular weight excluding hydrogens is 384 g/mol. The maximum atomic E-state index is 12.7. The molecule has 0 spiro atoms. The number of rotatable bonds is 5. The van der Waals surface area contributed by atoms with Gasteiger partial charge in [0, 0.05) is 42.2 Å². The molecule has 2 aromatic carbocycles. The summed E-state index contributed by atoms with van der Waals surface area (Å²) >= 11 is 1.99. The zero-order chi connectivity index (χ0) is 20.2. The van der Waals surface area contributed by atoms with Crippen molar-refractivity contribution < 1.29 is 4.79 Å². The topological polar surface area (TPSA) is 67.2 Å². The van der Waals surface area contributed by atoms with Crippen LogP contribution < -0.4 is 10.9 Å². The highest BCUT2D eigenvalue weighted by Crippen LogP contribution is 2.16. The Bertz CT molecular complexity index is 1090. The molecule has 0 aliphatic carbocycles. The van der Waals surface area contributed by atoms with Crippen molar-refractivity contribution in [2.75, 3.05) is 29.9 Å². The first kappa shape index (κ1) is 19.7. The summed E-state index contributed by atoms with van der Waals surface area (Å²) in [6.07, 6.45) is 0. The fourth-order valence-corrected chi connectivity index (χ4v) is 4.59. The van der Waals surface area contributed by atoms with E-state index in [1.54, 1.807) is 6.07 Å². The van der Waals surface area contributed by atoms with Gasteiger partial charge in [-0.05, 0) is 30.7 Å². The number of carbonyl (C=O) groups is 1. The number of aryl methyl sites for hydroxylation is 1. The summed E-state index contributed by atoms with van der Waals surface area (Å²) in [6.45, 7) is 4.81. The number of anilines is 1. The van der Waals surface area contributed by atoms with Crippen molar-refractivity contribution in [2.24, 2.45) is 0 Å². The lowest BCUT2D eigenvalue weighted by atomic mass is 10.1. The van der Waals surface area contributed by atoms with Crippen LogP contribution in [-0.2, 0) is 17.9 Å². The lowest BCUT2D eigenvalue weighted by Crippen LogP contribution is -2.32. The average Bonchev–Trinajstić information content (AvgIpc) is 2.73. The van der Waals surface area contributed by atoms with Crippen LogP contribution in [0.3, 0.4) is 0 Å². The van der Waals surface area contributed by atoms with Gasteiger partial charge in [0.05, 0.1) is 11.1 Å². The molecule has 6 nitrogen and oxygen atoms in total. The highest BCUT2D eigenvalue weighted by atomic mass is 32.2. The number of thioether (sulfide) groups is 1. The smallest absolute Gasteiger partial charge is 0.275 e. The molecule has 2 heterocycles. The third kappa shape index (κ3) is 4.68. The number of hydrogen-bond donors (Lipinski definition) is 1. The average molecular weight is 409 g/mol. The summed E-state index contributed by atoms with van der Waals surface area (Å²) in [6, 6.07) is 15.2. The van der Waals surface area contributed by atoms with E-state index >= 15 is 0 Å². The fourth-order valence-electron chi connectivity index (χ4n) is 3.61. The Hall–Kier alpha value is -2.64. The molecule has 1 aromatic heterocycles. The molecule has 1 N–H and O–H groups in total. The largest absolute Gasteiger partial charge is 0.324 e. The van der Waals surface area contributed by atoms with Crippen LogP contribution in [0.4, 0.5) is 5.69 Å². The molecule has 29 heavy (non-hydrogen) atoms. The van der Waals surface area contributed by atoms with Gasteiger partial charge in [0.25, 0.3) is 5.56 Å². The first-order valence-electron chi connectivity index (χ1n) is 9.75. The third-order valence-corrected chi connectivity index (χ3v) is 6.01. The Morgan fingerprint density at radius 1 is 1.10 bits per heavy atom. The molecule has 1 aliphatic heterocycles. The Balaban J connectivity index is 1.46. The van der Waals surface area contributed by atoms with Crippen molar-refractivity contribution >= 4 is 34.1 Å². The Kier molecular flexibility index (Phi) is 5.97. The maximum Gasteiger partial charge on any atom is 0.275 e. The van der Waals surface area contributed by atoms with Gasteiger partial charge in [0.15, 0.2) is 0 Å². The standard InChI is InChI=1S/C22H24N4O2S/c1-16-19-7-2-3-8-20(19)22(28)26(24-16)15-21(27)23-18-6-4-5-17(13-18)14-25-9-11-29-12-10-25/h2-8,13H,9-12,14-15H2,1H3,(H,23,27). The van der Waals surface area contributed by atoms with Crippen molar-refractivity contribution in [1.82, 2.24) is 14.7 Å². The van der Waals surface area contributed by atoms with Gasteiger partial charge in [-0.2, -0.15) is 16.9 Å². The molecule has 0 saturated carbocycles. The van der Waals surface area contributed by atoms with Crippen LogP contribution in [0.5, 0.6) is 0 Å². The van der Waals surface area contributed by atoms with E-state index in [1.165, 1.54) is 21.8 Å². The predicted octanol–water partition coefficient (Wildman–Crippen LogP) is 2.89. The number of fused-ring (bicyclic) bond motifs is 1. The molecule has 4 rings (SSSR count). The zero-order valence-corrected chi connectivity index (χ0v) is 17.2. The number of benzene rings is 2. The van der Waals surface area contributed by atoms with Crippen molar-refractivity contribution in [3.63, 3.8) is 0 Å². The first-order valence-corrected chi connectivity index (χ1v) is 10.9. The van der Waals surface area contributed by atoms with Crippen molar-refractivity contribution in [2.45, 2.75) is 20.0 Å². The van der Waals surface area contributed by atoms with Crippen LogP contribution in [0.1, 0.15) is 11.3 Å². The van der Waals surface area contributed by atoms with Crippen LogP contribution in [0, 0.1) is 6.92 Å². The lowest BCUT2D eigenvalue weighted by molar-refractivity contribution is -0.117. The minimum atomic E-state index is -0.263. The highest BCUT2D eigenvalue weighted by Gasteiger charge is 2.13. The van der Waals surface area contributed by atoms with E-state index in [4.69, 9.17) is 0 Å². The number of aromatic nitrogens is 2. The molecule has 1 saturated heterocycles. The van der Waals surface area contributed by atoms with Gasteiger partial charge in [0.2, 0.25) is 5.91 Å². The third-order valence-electron chi connectivity index (χ3n) is 5.07. The molecule has 0 atom stereocenters. The van der Waals surface area contributed by atoms with Gasteiger partial charge < -0.3 is 5.32 Å². The van der Waals surface area contributed by atoms with Crippen molar-refractivity contribution in [1.29, 1.82) is 0 Å². The SMILES string of the molecule is Cc1nn(CC(=O)Nc2cccc(CN3CCSCC3)c2)c(=O)c2ccccc12. The van der Waals surface area contributed by atoms with Gasteiger partial charge >= 0.3 is 0 Å². The van der Waals surface area contributed by atoms with Gasteiger partial charge in [-0.1, -0.05) is 30.3 Å². The molecule has 0 bridgehead atoms. The van der Waals surface area contributed by atoms with E-state index in [9.17, 15) is 9.59 Å². The van der Waals surface area contributed by atoms with Gasteiger partial charge in [-0.15, -0.1) is 0 Å². The number of nitrogens with zero attached hydrogens (tertiary/aromatic N) is 3. The van der Waals surface area contributed by atoms with Crippen LogP contribution in [-0.4, -0.2) is 45.2 Å². The Labute approximate surface area is 173 Å². The van der Waals surface area contributed by atoms with Crippen LogP contribution in [0.15, 0.2) is 53.3 Å². The minimum absolute atomic E-state index is 0.113. The van der Waals surface area contributed by atoms with Crippen LogP contribution in [0.25, 0.3) is 10.8 Å². The molecule has 7 heteroatoms. The Morgan fingerprint density at radius 2 is 1.86 bits per heavy atom. The first-order chi connectivity index (χ1) is 14.1. The monoisotopic (exact) mass is 408 g/mol. The summed E-state index contributed by atoms with van der Waals surface area (Å²) in [5.74, 6) is 2.08. The Morgan fingerprint density at radius 3 is 2.66 bits per heavy atom. The maximum absolute atomic E-state index is 12.7. The summed E-state index contributed by atoms with van der Waals surface area (Å²) in [4.78, 5) is 27.6. The van der Waals surface area contributed by atoms with Crippen LogP contribution in [0.2, 0.25) is 0 Å². The molecule has 0 unspecified atom stereocenters. The van der Waals surface area contributed by atoms with Gasteiger partial charge in [-0.3, -0.25) is 14.5 Å². The summed E-state index contributed by atoms with van der Waals surface area (Å²) < 4.78 is 1.24. The summed E-state index contributed by atoms with van der Waals surface area (Å²) in [5, 5.41) is 8.61. The second-order valence-corrected chi connectivity index (χ2v) is 8.46. The van der Waals surface area contributed by atoms with E-state index in [-0.39, 0.29) is 18.0 Å². The fraction of sp³-hybridized carbons (Fsp3) is 0.318. The van der Waals surface area contributed by atoms with Crippen LogP contribution >= 0.6 is 11.8 Å². The van der Waals surface area contributed by atoms with E-state index < -0.39 is 0 Å². The number of nitrogens with one attached hydrogen (secondary N) is 1. The summed E-state index contributed by atoms with van der Waals surface area (Å²) in [7, 11) is 0. The molecule has 3 aromatic rings. The lowest BCUT2D eigenvalue weighted by Gasteiger charge is -2.26. The quantitative estimate of drug-likeness (QED) is 0.703.